The molecule has 4 heteroatoms. The van der Waals surface area contributed by atoms with E-state index in [4.69, 9.17) is 0 Å². The second kappa shape index (κ2) is 6.06. The van der Waals surface area contributed by atoms with Crippen LogP contribution < -0.4 is 5.32 Å². The summed E-state index contributed by atoms with van der Waals surface area (Å²) in [5.41, 5.74) is 1.09. The molecule has 2 atom stereocenters. The van der Waals surface area contributed by atoms with Crippen molar-refractivity contribution in [2.24, 2.45) is 0 Å². The van der Waals surface area contributed by atoms with Crippen LogP contribution in [0.1, 0.15) is 38.2 Å². The first-order chi connectivity index (χ1) is 9.04. The lowest BCUT2D eigenvalue weighted by Crippen LogP contribution is -2.29. The zero-order valence-electron chi connectivity index (χ0n) is 11.7. The Morgan fingerprint density at radius 3 is 2.53 bits per heavy atom. The molecule has 0 saturated heterocycles. The van der Waals surface area contributed by atoms with E-state index in [2.05, 4.69) is 12.2 Å². The summed E-state index contributed by atoms with van der Waals surface area (Å²) in [6, 6.07) is 7.57. The Bertz CT molecular complexity index is 507. The van der Waals surface area contributed by atoms with E-state index in [0.717, 1.165) is 37.8 Å². The summed E-state index contributed by atoms with van der Waals surface area (Å²) < 4.78 is 25.1. The number of nitrogens with one attached hydrogen (secondary N) is 1. The lowest BCUT2D eigenvalue weighted by Gasteiger charge is -2.14. The van der Waals surface area contributed by atoms with Crippen LogP contribution >= 0.6 is 0 Å². The Kier molecular flexibility index (Phi) is 4.63. The Morgan fingerprint density at radius 1 is 1.21 bits per heavy atom. The minimum atomic E-state index is -3.15. The molecule has 1 fully saturated rings. The van der Waals surface area contributed by atoms with Crippen LogP contribution in [0.15, 0.2) is 29.2 Å². The first-order valence-electron chi connectivity index (χ1n) is 7.08. The lowest BCUT2D eigenvalue weighted by atomic mass is 10.2. The van der Waals surface area contributed by atoms with Crippen molar-refractivity contribution in [1.82, 2.24) is 5.32 Å². The summed E-state index contributed by atoms with van der Waals surface area (Å²) in [4.78, 5) is 0.472. The minimum absolute atomic E-state index is 0.218. The maximum absolute atomic E-state index is 12.5. The van der Waals surface area contributed by atoms with Gasteiger partial charge in [-0.2, -0.15) is 0 Å². The summed E-state index contributed by atoms with van der Waals surface area (Å²) in [5, 5.41) is 3.21. The highest BCUT2D eigenvalue weighted by atomic mass is 32.2. The second-order valence-corrected chi connectivity index (χ2v) is 7.67. The van der Waals surface area contributed by atoms with Gasteiger partial charge in [0.2, 0.25) is 0 Å². The highest BCUT2D eigenvalue weighted by Gasteiger charge is 2.34. The maximum Gasteiger partial charge on any atom is 0.181 e. The fourth-order valence-electron chi connectivity index (χ4n) is 2.68. The van der Waals surface area contributed by atoms with Gasteiger partial charge in [0.15, 0.2) is 9.84 Å². The molecule has 0 amide bonds. The molecule has 0 bridgehead atoms. The molecule has 0 spiro atoms. The molecule has 19 heavy (non-hydrogen) atoms. The largest absolute Gasteiger partial charge is 0.314 e. The van der Waals surface area contributed by atoms with Gasteiger partial charge in [0.25, 0.3) is 0 Å². The molecule has 0 aliphatic heterocycles. The predicted molar refractivity (Wildman–Crippen MR) is 78.1 cm³/mol. The fourth-order valence-corrected chi connectivity index (χ4v) is 4.51. The Labute approximate surface area is 116 Å². The van der Waals surface area contributed by atoms with Gasteiger partial charge in [0, 0.05) is 6.04 Å². The predicted octanol–water partition coefficient (Wildman–Crippen LogP) is 2.69. The van der Waals surface area contributed by atoms with E-state index in [0.29, 0.717) is 10.9 Å². The van der Waals surface area contributed by atoms with Gasteiger partial charge >= 0.3 is 0 Å². The van der Waals surface area contributed by atoms with Gasteiger partial charge in [-0.3, -0.25) is 0 Å². The Hall–Kier alpha value is -0.870. The van der Waals surface area contributed by atoms with Crippen molar-refractivity contribution in [3.8, 4) is 0 Å². The quantitative estimate of drug-likeness (QED) is 0.902. The molecule has 1 saturated carbocycles. The molecule has 1 aliphatic carbocycles. The van der Waals surface area contributed by atoms with Gasteiger partial charge in [0.1, 0.15) is 0 Å². The van der Waals surface area contributed by atoms with E-state index >= 15 is 0 Å². The number of hydrogen-bond acceptors (Lipinski definition) is 3. The Morgan fingerprint density at radius 2 is 1.89 bits per heavy atom. The minimum Gasteiger partial charge on any atom is -0.314 e. The zero-order chi connectivity index (χ0) is 13.9. The third kappa shape index (κ3) is 3.37. The molecular weight excluding hydrogens is 258 g/mol. The van der Waals surface area contributed by atoms with Crippen LogP contribution in [0, 0.1) is 6.92 Å². The van der Waals surface area contributed by atoms with Gasteiger partial charge in [-0.1, -0.05) is 24.6 Å². The number of hydrogen-bond donors (Lipinski definition) is 1. The monoisotopic (exact) mass is 281 g/mol. The smallest absolute Gasteiger partial charge is 0.181 e. The third-order valence-corrected chi connectivity index (χ3v) is 6.09. The van der Waals surface area contributed by atoms with Crippen LogP contribution in [0.2, 0.25) is 0 Å². The number of aryl methyl sites for hydroxylation is 1. The van der Waals surface area contributed by atoms with Crippen molar-refractivity contribution in [2.45, 2.75) is 55.7 Å². The fraction of sp³-hybridized carbons (Fsp3) is 0.600. The first-order valence-corrected chi connectivity index (χ1v) is 8.62. The van der Waals surface area contributed by atoms with Crippen molar-refractivity contribution in [2.75, 3.05) is 6.54 Å². The summed E-state index contributed by atoms with van der Waals surface area (Å²) >= 11 is 0. The molecule has 3 nitrogen and oxygen atoms in total. The van der Waals surface area contributed by atoms with Gasteiger partial charge in [-0.15, -0.1) is 0 Å². The van der Waals surface area contributed by atoms with E-state index < -0.39 is 9.84 Å². The van der Waals surface area contributed by atoms with Crippen molar-refractivity contribution >= 4 is 9.84 Å². The summed E-state index contributed by atoms with van der Waals surface area (Å²) in [6.07, 6.45) is 3.58. The molecule has 1 aromatic rings. The van der Waals surface area contributed by atoms with E-state index in [1.54, 1.807) is 12.1 Å². The topological polar surface area (TPSA) is 46.2 Å². The van der Waals surface area contributed by atoms with Crippen molar-refractivity contribution in [1.29, 1.82) is 0 Å². The van der Waals surface area contributed by atoms with Crippen LogP contribution in [0.3, 0.4) is 0 Å². The molecule has 2 rings (SSSR count). The second-order valence-electron chi connectivity index (χ2n) is 5.44. The normalized spacial score (nSPS) is 23.7. The average Bonchev–Trinajstić information content (AvgIpc) is 2.86. The van der Waals surface area contributed by atoms with Crippen molar-refractivity contribution in [3.05, 3.63) is 29.8 Å². The van der Waals surface area contributed by atoms with E-state index in [9.17, 15) is 8.42 Å². The molecule has 0 aromatic heterocycles. The summed E-state index contributed by atoms with van der Waals surface area (Å²) in [5.74, 6) is 0. The van der Waals surface area contributed by atoms with E-state index in [1.165, 1.54) is 0 Å². The molecule has 2 unspecified atom stereocenters. The van der Waals surface area contributed by atoms with Gasteiger partial charge in [-0.25, -0.2) is 8.42 Å². The van der Waals surface area contributed by atoms with E-state index in [1.807, 2.05) is 19.1 Å². The molecule has 106 valence electrons. The highest BCUT2D eigenvalue weighted by molar-refractivity contribution is 7.92. The highest BCUT2D eigenvalue weighted by Crippen LogP contribution is 2.30. The Balaban J connectivity index is 2.07. The molecule has 1 aliphatic rings. The van der Waals surface area contributed by atoms with Crippen LogP contribution in [-0.2, 0) is 9.84 Å². The molecule has 0 radical (unpaired) electrons. The van der Waals surface area contributed by atoms with Crippen molar-refractivity contribution < 1.29 is 8.42 Å². The van der Waals surface area contributed by atoms with Crippen molar-refractivity contribution in [3.63, 3.8) is 0 Å². The molecule has 0 heterocycles. The summed E-state index contributed by atoms with van der Waals surface area (Å²) in [6.45, 7) is 5.07. The zero-order valence-corrected chi connectivity index (χ0v) is 12.5. The van der Waals surface area contributed by atoms with Crippen LogP contribution in [0.25, 0.3) is 0 Å². The van der Waals surface area contributed by atoms with Gasteiger partial charge < -0.3 is 5.32 Å². The lowest BCUT2D eigenvalue weighted by molar-refractivity contribution is 0.520. The van der Waals surface area contributed by atoms with Crippen LogP contribution in [0.5, 0.6) is 0 Å². The molecule has 1 N–H and O–H groups in total. The average molecular weight is 281 g/mol. The maximum atomic E-state index is 12.5. The third-order valence-electron chi connectivity index (χ3n) is 3.86. The summed E-state index contributed by atoms with van der Waals surface area (Å²) in [7, 11) is -3.15. The molecule has 1 aromatic carbocycles. The van der Waals surface area contributed by atoms with Gasteiger partial charge in [0.05, 0.1) is 10.1 Å². The first kappa shape index (κ1) is 14.5. The molecular formula is C15H23NO2S. The SMILES string of the molecule is CCCNC1CCC(S(=O)(=O)c2ccc(C)cc2)C1. The van der Waals surface area contributed by atoms with E-state index in [-0.39, 0.29) is 5.25 Å². The van der Waals surface area contributed by atoms with Gasteiger partial charge in [-0.05, 0) is 51.3 Å². The number of benzene rings is 1. The van der Waals surface area contributed by atoms with Crippen LogP contribution in [0.4, 0.5) is 0 Å². The number of rotatable bonds is 5. The van der Waals surface area contributed by atoms with Crippen LogP contribution in [-0.4, -0.2) is 26.3 Å². The standard InChI is InChI=1S/C15H23NO2S/c1-3-10-16-13-6-9-15(11-13)19(17,18)14-7-4-12(2)5-8-14/h4-5,7-8,13,15-16H,3,6,9-11H2,1-2H3. The number of sulfone groups is 1.